The fourth-order valence-electron chi connectivity index (χ4n) is 2.73. The summed E-state index contributed by atoms with van der Waals surface area (Å²) in [5.74, 6) is -1.49. The lowest BCUT2D eigenvalue weighted by Gasteiger charge is -2.22. The van der Waals surface area contributed by atoms with Crippen LogP contribution in [0.2, 0.25) is 0 Å². The maximum absolute atomic E-state index is 13.8. The van der Waals surface area contributed by atoms with Crippen molar-refractivity contribution in [3.8, 4) is 0 Å². The van der Waals surface area contributed by atoms with E-state index in [9.17, 15) is 19.1 Å². The molecular weight excluding hydrogens is 327 g/mol. The van der Waals surface area contributed by atoms with E-state index in [4.69, 9.17) is 4.74 Å². The zero-order valence-electron chi connectivity index (χ0n) is 15.0. The monoisotopic (exact) mass is 350 g/mol. The summed E-state index contributed by atoms with van der Waals surface area (Å²) in [5.41, 5.74) is 1.16. The minimum Gasteiger partial charge on any atom is -0.480 e. The molecule has 2 N–H and O–H groups in total. The van der Waals surface area contributed by atoms with Gasteiger partial charge in [-0.15, -0.1) is 0 Å². The number of carbonyl (C=O) groups excluding carboxylic acids is 1. The predicted octanol–water partition coefficient (Wildman–Crippen LogP) is 3.15. The third kappa shape index (κ3) is 4.29. The van der Waals surface area contributed by atoms with Crippen LogP contribution >= 0.6 is 0 Å². The lowest BCUT2D eigenvalue weighted by molar-refractivity contribution is -0.139. The topological polar surface area (TPSA) is 80.6 Å². The quantitative estimate of drug-likeness (QED) is 0.888. The minimum absolute atomic E-state index is 0.0564. The van der Waals surface area contributed by atoms with Gasteiger partial charge in [0.25, 0.3) is 0 Å². The predicted molar refractivity (Wildman–Crippen MR) is 92.1 cm³/mol. The molecule has 1 unspecified atom stereocenters. The van der Waals surface area contributed by atoms with Crippen molar-refractivity contribution in [3.63, 3.8) is 0 Å². The van der Waals surface area contributed by atoms with E-state index < -0.39 is 23.7 Å². The normalized spacial score (nSPS) is 12.9. The molecule has 0 radical (unpaired) electrons. The molecule has 0 saturated carbocycles. The molecule has 1 heterocycles. The number of hydrogen-bond donors (Lipinski definition) is 2. The Bertz CT molecular complexity index is 821. The van der Waals surface area contributed by atoms with Gasteiger partial charge in [-0.1, -0.05) is 0 Å². The first-order chi connectivity index (χ1) is 11.5. The van der Waals surface area contributed by atoms with Crippen LogP contribution in [0, 0.1) is 12.7 Å². The van der Waals surface area contributed by atoms with Crippen molar-refractivity contribution in [3.05, 3.63) is 35.3 Å². The van der Waals surface area contributed by atoms with Gasteiger partial charge in [0.2, 0.25) is 0 Å². The van der Waals surface area contributed by atoms with Gasteiger partial charge in [-0.2, -0.15) is 0 Å². The van der Waals surface area contributed by atoms with Crippen molar-refractivity contribution in [2.45, 2.75) is 45.8 Å². The van der Waals surface area contributed by atoms with Crippen LogP contribution in [0.3, 0.4) is 0 Å². The summed E-state index contributed by atoms with van der Waals surface area (Å²) in [6.45, 7) is 6.77. The summed E-state index contributed by atoms with van der Waals surface area (Å²) >= 11 is 0. The molecule has 0 saturated heterocycles. The Morgan fingerprint density at radius 2 is 2.00 bits per heavy atom. The van der Waals surface area contributed by atoms with E-state index >= 15 is 0 Å². The second-order valence-corrected chi connectivity index (χ2v) is 7.05. The van der Waals surface area contributed by atoms with Crippen LogP contribution in [-0.4, -0.2) is 33.4 Å². The van der Waals surface area contributed by atoms with Crippen molar-refractivity contribution in [1.29, 1.82) is 0 Å². The molecule has 2 aromatic rings. The Kier molecular flexibility index (Phi) is 5.06. The zero-order valence-corrected chi connectivity index (χ0v) is 15.0. The number of ether oxygens (including phenoxy) is 1. The molecule has 6 nitrogen and oxygen atoms in total. The van der Waals surface area contributed by atoms with Crippen LogP contribution in [-0.2, 0) is 23.0 Å². The molecule has 2 rings (SSSR count). The van der Waals surface area contributed by atoms with Crippen molar-refractivity contribution in [2.75, 3.05) is 0 Å². The highest BCUT2D eigenvalue weighted by Gasteiger charge is 2.25. The lowest BCUT2D eigenvalue weighted by Crippen LogP contribution is -2.44. The van der Waals surface area contributed by atoms with Gasteiger partial charge in [0.05, 0.1) is 5.52 Å². The number of hydrogen-bond acceptors (Lipinski definition) is 3. The average Bonchev–Trinajstić information content (AvgIpc) is 2.77. The number of nitrogens with zero attached hydrogens (tertiary/aromatic N) is 1. The van der Waals surface area contributed by atoms with Crippen molar-refractivity contribution in [2.24, 2.45) is 7.05 Å². The van der Waals surface area contributed by atoms with Crippen LogP contribution < -0.4 is 5.32 Å². The molecule has 136 valence electrons. The number of halogens is 1. The molecule has 0 fully saturated rings. The molecular formula is C18H23FN2O4. The summed E-state index contributed by atoms with van der Waals surface area (Å²) in [6, 6.07) is 3.69. The number of benzene rings is 1. The molecule has 0 aliphatic carbocycles. The van der Waals surface area contributed by atoms with Gasteiger partial charge >= 0.3 is 12.1 Å². The second kappa shape index (κ2) is 6.74. The van der Waals surface area contributed by atoms with Gasteiger partial charge in [0.15, 0.2) is 0 Å². The Labute approximate surface area is 145 Å². The maximum Gasteiger partial charge on any atom is 0.408 e. The number of carboxylic acid groups (broad SMARTS) is 1. The van der Waals surface area contributed by atoms with Crippen molar-refractivity contribution < 1.29 is 23.8 Å². The molecule has 0 aliphatic rings. The summed E-state index contributed by atoms with van der Waals surface area (Å²) in [6.07, 6.45) is -0.734. The zero-order chi connectivity index (χ0) is 18.9. The van der Waals surface area contributed by atoms with Gasteiger partial charge < -0.3 is 19.7 Å². The summed E-state index contributed by atoms with van der Waals surface area (Å²) < 4.78 is 20.6. The standard InChI is InChI=1S/C18H23FN2O4/c1-10-13(19)7-6-11-8-12(21(5)15(10)11)9-14(16(22)23)20-17(24)25-18(2,3)4/h6-8,14H,9H2,1-5H3,(H,20,24)(H,22,23). The molecule has 0 aliphatic heterocycles. The number of carboxylic acids is 1. The summed E-state index contributed by atoms with van der Waals surface area (Å²) in [4.78, 5) is 23.4. The Morgan fingerprint density at radius 3 is 2.56 bits per heavy atom. The van der Waals surface area contributed by atoms with Crippen molar-refractivity contribution >= 4 is 23.0 Å². The number of aryl methyl sites for hydroxylation is 2. The number of rotatable bonds is 4. The Morgan fingerprint density at radius 1 is 1.36 bits per heavy atom. The fourth-order valence-corrected chi connectivity index (χ4v) is 2.73. The van der Waals surface area contributed by atoms with Crippen LogP contribution in [0.1, 0.15) is 32.0 Å². The summed E-state index contributed by atoms with van der Waals surface area (Å²) in [7, 11) is 1.75. The van der Waals surface area contributed by atoms with Gasteiger partial charge in [-0.3, -0.25) is 0 Å². The Hall–Kier alpha value is -2.57. The van der Waals surface area contributed by atoms with E-state index in [1.165, 1.54) is 6.07 Å². The molecule has 25 heavy (non-hydrogen) atoms. The average molecular weight is 350 g/mol. The van der Waals surface area contributed by atoms with E-state index in [0.717, 1.165) is 5.39 Å². The van der Waals surface area contributed by atoms with Gasteiger partial charge in [-0.05, 0) is 45.9 Å². The van der Waals surface area contributed by atoms with Crippen LogP contribution in [0.25, 0.3) is 10.9 Å². The molecule has 1 aromatic heterocycles. The SMILES string of the molecule is Cc1c(F)ccc2cc(CC(NC(=O)OC(C)(C)C)C(=O)O)n(C)c12. The van der Waals surface area contributed by atoms with E-state index in [1.54, 1.807) is 51.4 Å². The highest BCUT2D eigenvalue weighted by Crippen LogP contribution is 2.25. The van der Waals surface area contributed by atoms with Gasteiger partial charge in [0.1, 0.15) is 17.5 Å². The first kappa shape index (κ1) is 18.8. The van der Waals surface area contributed by atoms with Gasteiger partial charge in [0, 0.05) is 30.1 Å². The fraction of sp³-hybridized carbons (Fsp3) is 0.444. The van der Waals surface area contributed by atoms with Crippen LogP contribution in [0.15, 0.2) is 18.2 Å². The number of nitrogens with one attached hydrogen (secondary N) is 1. The lowest BCUT2D eigenvalue weighted by atomic mass is 10.1. The van der Waals surface area contributed by atoms with Crippen LogP contribution in [0.4, 0.5) is 9.18 Å². The molecule has 1 atom stereocenters. The van der Waals surface area contributed by atoms with E-state index in [2.05, 4.69) is 5.32 Å². The number of fused-ring (bicyclic) bond motifs is 1. The van der Waals surface area contributed by atoms with E-state index in [0.29, 0.717) is 16.8 Å². The minimum atomic E-state index is -1.17. The van der Waals surface area contributed by atoms with E-state index in [-0.39, 0.29) is 12.2 Å². The van der Waals surface area contributed by atoms with Crippen LogP contribution in [0.5, 0.6) is 0 Å². The maximum atomic E-state index is 13.8. The highest BCUT2D eigenvalue weighted by atomic mass is 19.1. The van der Waals surface area contributed by atoms with E-state index in [1.807, 2.05) is 0 Å². The summed E-state index contributed by atoms with van der Waals surface area (Å²) in [5, 5.41) is 12.6. The molecule has 7 heteroatoms. The van der Waals surface area contributed by atoms with Crippen molar-refractivity contribution in [1.82, 2.24) is 9.88 Å². The molecule has 1 aromatic carbocycles. The third-order valence-electron chi connectivity index (χ3n) is 3.89. The first-order valence-electron chi connectivity index (χ1n) is 7.95. The third-order valence-corrected chi connectivity index (χ3v) is 3.89. The number of aromatic nitrogens is 1. The number of alkyl carbamates (subject to hydrolysis) is 1. The Balaban J connectivity index is 2.27. The highest BCUT2D eigenvalue weighted by molar-refractivity contribution is 5.85. The van der Waals surface area contributed by atoms with Gasteiger partial charge in [-0.25, -0.2) is 14.0 Å². The largest absolute Gasteiger partial charge is 0.480 e. The second-order valence-electron chi connectivity index (χ2n) is 7.05. The molecule has 0 bridgehead atoms. The molecule has 0 spiro atoms. The smallest absolute Gasteiger partial charge is 0.408 e. The number of amides is 1. The molecule has 1 amide bonds. The number of carbonyl (C=O) groups is 2. The first-order valence-corrected chi connectivity index (χ1v) is 7.95. The number of aliphatic carboxylic acids is 1.